The van der Waals surface area contributed by atoms with E-state index in [-0.39, 0.29) is 11.6 Å². The van der Waals surface area contributed by atoms with Crippen LogP contribution in [0.5, 0.6) is 0 Å². The summed E-state index contributed by atoms with van der Waals surface area (Å²) in [6, 6.07) is 7.39. The summed E-state index contributed by atoms with van der Waals surface area (Å²) < 4.78 is 13.0. The van der Waals surface area contributed by atoms with E-state index < -0.39 is 0 Å². The lowest BCUT2D eigenvalue weighted by Gasteiger charge is -2.13. The number of benzene rings is 1. The van der Waals surface area contributed by atoms with Crippen LogP contribution in [0, 0.1) is 12.7 Å². The number of ketones is 1. The Kier molecular flexibility index (Phi) is 4.48. The standard InChI is InChI=1S/C17H17FN2O/c1-12-10-19-9-8-15(12)16(11-20(2)3)17(21)13-4-6-14(18)7-5-13/h4-11H,1-3H3/b16-11+. The fourth-order valence-corrected chi connectivity index (χ4v) is 2.04. The second-order valence-corrected chi connectivity index (χ2v) is 5.03. The van der Waals surface area contributed by atoms with E-state index in [1.54, 1.807) is 18.6 Å². The van der Waals surface area contributed by atoms with Crippen molar-refractivity contribution < 1.29 is 9.18 Å². The zero-order valence-electron chi connectivity index (χ0n) is 12.3. The molecule has 21 heavy (non-hydrogen) atoms. The highest BCUT2D eigenvalue weighted by atomic mass is 19.1. The summed E-state index contributed by atoms with van der Waals surface area (Å²) in [7, 11) is 3.71. The predicted octanol–water partition coefficient (Wildman–Crippen LogP) is 3.31. The molecule has 0 amide bonds. The molecule has 3 nitrogen and oxygen atoms in total. The van der Waals surface area contributed by atoms with Gasteiger partial charge in [-0.15, -0.1) is 0 Å². The van der Waals surface area contributed by atoms with Gasteiger partial charge in [-0.1, -0.05) is 0 Å². The average molecular weight is 284 g/mol. The summed E-state index contributed by atoms with van der Waals surface area (Å²) >= 11 is 0. The Morgan fingerprint density at radius 3 is 2.43 bits per heavy atom. The van der Waals surface area contributed by atoms with Gasteiger partial charge in [0, 0.05) is 43.8 Å². The zero-order chi connectivity index (χ0) is 15.4. The highest BCUT2D eigenvalue weighted by molar-refractivity contribution is 6.29. The van der Waals surface area contributed by atoms with E-state index in [1.165, 1.54) is 24.3 Å². The number of rotatable bonds is 4. The summed E-state index contributed by atoms with van der Waals surface area (Å²) in [5, 5.41) is 0. The lowest BCUT2D eigenvalue weighted by molar-refractivity contribution is 0.105. The Bertz CT molecular complexity index is 675. The number of aryl methyl sites for hydroxylation is 1. The van der Waals surface area contributed by atoms with Crippen LogP contribution in [0.4, 0.5) is 4.39 Å². The molecule has 0 radical (unpaired) electrons. The summed E-state index contributed by atoms with van der Waals surface area (Å²) in [6.07, 6.45) is 5.15. The van der Waals surface area contributed by atoms with Crippen LogP contribution in [0.15, 0.2) is 48.9 Å². The van der Waals surface area contributed by atoms with Crippen LogP contribution < -0.4 is 0 Å². The number of nitrogens with zero attached hydrogens (tertiary/aromatic N) is 2. The molecule has 0 atom stereocenters. The molecule has 0 aliphatic rings. The highest BCUT2D eigenvalue weighted by Gasteiger charge is 2.16. The lowest BCUT2D eigenvalue weighted by Crippen LogP contribution is -2.10. The van der Waals surface area contributed by atoms with E-state index in [2.05, 4.69) is 4.98 Å². The molecule has 0 N–H and O–H groups in total. The van der Waals surface area contributed by atoms with E-state index in [0.717, 1.165) is 11.1 Å². The molecule has 108 valence electrons. The van der Waals surface area contributed by atoms with E-state index in [0.29, 0.717) is 11.1 Å². The Morgan fingerprint density at radius 1 is 1.19 bits per heavy atom. The van der Waals surface area contributed by atoms with Crippen molar-refractivity contribution in [1.29, 1.82) is 0 Å². The summed E-state index contributed by atoms with van der Waals surface area (Å²) in [5.41, 5.74) is 2.77. The minimum atomic E-state index is -0.357. The predicted molar refractivity (Wildman–Crippen MR) is 81.4 cm³/mol. The molecule has 0 saturated carbocycles. The number of halogens is 1. The van der Waals surface area contributed by atoms with Crippen molar-refractivity contribution in [2.24, 2.45) is 0 Å². The summed E-state index contributed by atoms with van der Waals surface area (Å²) in [4.78, 5) is 18.6. The minimum Gasteiger partial charge on any atom is -0.383 e. The monoisotopic (exact) mass is 284 g/mol. The number of pyridine rings is 1. The molecule has 0 unspecified atom stereocenters. The molecule has 2 aromatic rings. The largest absolute Gasteiger partial charge is 0.383 e. The fraction of sp³-hybridized carbons (Fsp3) is 0.176. The van der Waals surface area contributed by atoms with Crippen LogP contribution in [0.1, 0.15) is 21.5 Å². The van der Waals surface area contributed by atoms with Gasteiger partial charge in [0.1, 0.15) is 5.82 Å². The summed E-state index contributed by atoms with van der Waals surface area (Å²) in [5.74, 6) is -0.497. The Hall–Kier alpha value is -2.49. The molecule has 0 bridgehead atoms. The van der Waals surface area contributed by atoms with E-state index in [9.17, 15) is 9.18 Å². The number of carbonyl (C=O) groups excluding carboxylic acids is 1. The van der Waals surface area contributed by atoms with E-state index in [4.69, 9.17) is 0 Å². The van der Waals surface area contributed by atoms with Gasteiger partial charge in [-0.25, -0.2) is 4.39 Å². The van der Waals surface area contributed by atoms with Crippen molar-refractivity contribution in [3.8, 4) is 0 Å². The molecule has 1 aromatic heterocycles. The third kappa shape index (κ3) is 3.54. The molecule has 2 rings (SSSR count). The number of carbonyl (C=O) groups is 1. The molecule has 0 aliphatic carbocycles. The molecule has 1 aromatic carbocycles. The number of hydrogen-bond acceptors (Lipinski definition) is 3. The fourth-order valence-electron chi connectivity index (χ4n) is 2.04. The normalized spacial score (nSPS) is 11.3. The van der Waals surface area contributed by atoms with Crippen LogP contribution >= 0.6 is 0 Å². The van der Waals surface area contributed by atoms with Gasteiger partial charge >= 0.3 is 0 Å². The molecule has 0 spiro atoms. The second kappa shape index (κ2) is 6.31. The topological polar surface area (TPSA) is 33.2 Å². The van der Waals surface area contributed by atoms with E-state index >= 15 is 0 Å². The first kappa shape index (κ1) is 14.9. The molecule has 4 heteroatoms. The maximum Gasteiger partial charge on any atom is 0.195 e. The maximum atomic E-state index is 13.0. The van der Waals surface area contributed by atoms with Crippen LogP contribution in [-0.4, -0.2) is 29.8 Å². The molecular formula is C17H17FN2O. The quantitative estimate of drug-likeness (QED) is 0.638. The molecule has 0 aliphatic heterocycles. The van der Waals surface area contributed by atoms with Crippen molar-refractivity contribution in [3.63, 3.8) is 0 Å². The van der Waals surface area contributed by atoms with E-state index in [1.807, 2.05) is 32.0 Å². The van der Waals surface area contributed by atoms with Gasteiger partial charge < -0.3 is 4.90 Å². The van der Waals surface area contributed by atoms with Crippen molar-refractivity contribution in [2.45, 2.75) is 6.92 Å². The molecule has 0 saturated heterocycles. The smallest absolute Gasteiger partial charge is 0.195 e. The Morgan fingerprint density at radius 2 is 1.86 bits per heavy atom. The molecule has 0 fully saturated rings. The minimum absolute atomic E-state index is 0.141. The number of hydrogen-bond donors (Lipinski definition) is 0. The first-order chi connectivity index (χ1) is 9.99. The average Bonchev–Trinajstić information content (AvgIpc) is 2.45. The number of Topliss-reactive ketones (excluding diaryl/α,β-unsaturated/α-hetero) is 1. The first-order valence-electron chi connectivity index (χ1n) is 6.58. The maximum absolute atomic E-state index is 13.0. The van der Waals surface area contributed by atoms with Gasteiger partial charge in [-0.05, 0) is 48.4 Å². The van der Waals surface area contributed by atoms with Crippen molar-refractivity contribution >= 4 is 11.4 Å². The number of allylic oxidation sites excluding steroid dienone is 1. The third-order valence-electron chi connectivity index (χ3n) is 3.05. The van der Waals surface area contributed by atoms with Gasteiger partial charge in [0.15, 0.2) is 5.78 Å². The van der Waals surface area contributed by atoms with Crippen LogP contribution in [-0.2, 0) is 0 Å². The molecule has 1 heterocycles. The highest BCUT2D eigenvalue weighted by Crippen LogP contribution is 2.23. The zero-order valence-corrected chi connectivity index (χ0v) is 12.3. The van der Waals surface area contributed by atoms with Gasteiger partial charge in [-0.3, -0.25) is 9.78 Å². The Labute approximate surface area is 123 Å². The van der Waals surface area contributed by atoms with Crippen molar-refractivity contribution in [2.75, 3.05) is 14.1 Å². The number of aromatic nitrogens is 1. The lowest BCUT2D eigenvalue weighted by atomic mass is 9.95. The Balaban J connectivity index is 2.49. The SMILES string of the molecule is Cc1cnccc1/C(=C\N(C)C)C(=O)c1ccc(F)cc1. The summed E-state index contributed by atoms with van der Waals surface area (Å²) in [6.45, 7) is 1.91. The van der Waals surface area contributed by atoms with Crippen LogP contribution in [0.2, 0.25) is 0 Å². The van der Waals surface area contributed by atoms with Crippen molar-refractivity contribution in [1.82, 2.24) is 9.88 Å². The van der Waals surface area contributed by atoms with Gasteiger partial charge in [-0.2, -0.15) is 0 Å². The first-order valence-corrected chi connectivity index (χ1v) is 6.58. The molecular weight excluding hydrogens is 267 g/mol. The van der Waals surface area contributed by atoms with Gasteiger partial charge in [0.05, 0.1) is 0 Å². The second-order valence-electron chi connectivity index (χ2n) is 5.03. The third-order valence-corrected chi connectivity index (χ3v) is 3.05. The van der Waals surface area contributed by atoms with Crippen molar-refractivity contribution in [3.05, 3.63) is 71.4 Å². The van der Waals surface area contributed by atoms with Gasteiger partial charge in [0.2, 0.25) is 0 Å². The van der Waals surface area contributed by atoms with Crippen LogP contribution in [0.25, 0.3) is 5.57 Å². The van der Waals surface area contributed by atoms with Gasteiger partial charge in [0.25, 0.3) is 0 Å². The van der Waals surface area contributed by atoms with Crippen LogP contribution in [0.3, 0.4) is 0 Å².